The highest BCUT2D eigenvalue weighted by Crippen LogP contribution is 2.40. The predicted molar refractivity (Wildman–Crippen MR) is 144 cm³/mol. The number of rotatable bonds is 2. The van der Waals surface area contributed by atoms with Gasteiger partial charge in [-0.25, -0.2) is 0 Å². The highest BCUT2D eigenvalue weighted by molar-refractivity contribution is 6.62. The molecule has 3 heterocycles. The van der Waals surface area contributed by atoms with Crippen LogP contribution in [0.15, 0.2) is 89.3 Å². The van der Waals surface area contributed by atoms with E-state index in [1.54, 1.807) is 0 Å². The van der Waals surface area contributed by atoms with Gasteiger partial charge in [-0.2, -0.15) is 0 Å². The third-order valence-electron chi connectivity index (χ3n) is 7.86. The van der Waals surface area contributed by atoms with E-state index < -0.39 is 0 Å². The minimum Gasteiger partial charge on any atom is -0.454 e. The van der Waals surface area contributed by atoms with E-state index >= 15 is 0 Å². The van der Waals surface area contributed by atoms with Gasteiger partial charge in [0, 0.05) is 27.2 Å². The normalized spacial score (nSPS) is 17.3. The Bertz CT molecular complexity index is 1740. The fourth-order valence-electron chi connectivity index (χ4n) is 5.26. The van der Waals surface area contributed by atoms with Crippen LogP contribution in [0.4, 0.5) is 0 Å². The van der Waals surface area contributed by atoms with Gasteiger partial charge in [0.1, 0.15) is 5.58 Å². The first-order valence-corrected chi connectivity index (χ1v) is 12.1. The second kappa shape index (κ2) is 7.00. The SMILES string of the molecule is CC1(C)OB(c2ccc(-n3c4ccccc4c4ccc5c6ccccc6oc5c43)cc2)OC1(C)C. The lowest BCUT2D eigenvalue weighted by molar-refractivity contribution is 0.00578. The number of para-hydroxylation sites is 2. The minimum absolute atomic E-state index is 0.365. The van der Waals surface area contributed by atoms with E-state index in [0.29, 0.717) is 0 Å². The number of hydrogen-bond acceptors (Lipinski definition) is 3. The van der Waals surface area contributed by atoms with Crippen LogP contribution in [0, 0.1) is 0 Å². The maximum atomic E-state index is 6.45. The summed E-state index contributed by atoms with van der Waals surface area (Å²) in [5, 5.41) is 4.66. The molecule has 1 aliphatic rings. The number of aromatic nitrogens is 1. The Balaban J connectivity index is 1.45. The van der Waals surface area contributed by atoms with Crippen LogP contribution in [0.3, 0.4) is 0 Å². The molecule has 1 aliphatic heterocycles. The van der Waals surface area contributed by atoms with Gasteiger partial charge < -0.3 is 18.3 Å². The smallest absolute Gasteiger partial charge is 0.454 e. The molecule has 6 aromatic rings. The Morgan fingerprint density at radius 2 is 1.26 bits per heavy atom. The second-order valence-electron chi connectivity index (χ2n) is 10.5. The topological polar surface area (TPSA) is 36.5 Å². The van der Waals surface area contributed by atoms with Gasteiger partial charge in [-0.05, 0) is 63.5 Å². The molecule has 4 aromatic carbocycles. The summed E-state index contributed by atoms with van der Waals surface area (Å²) in [5.41, 5.74) is 5.41. The standard InChI is InChI=1S/C30H26BNO3/c1-29(2)30(3,4)35-31(34-29)19-13-15-20(16-14-19)32-25-11-7-5-9-21(25)23-17-18-24-22-10-6-8-12-26(22)33-28(24)27(23)32/h5-18H,1-4H3. The van der Waals surface area contributed by atoms with Crippen LogP contribution in [-0.2, 0) is 9.31 Å². The van der Waals surface area contributed by atoms with Crippen molar-refractivity contribution in [3.05, 3.63) is 84.9 Å². The van der Waals surface area contributed by atoms with Crippen LogP contribution in [0.1, 0.15) is 27.7 Å². The monoisotopic (exact) mass is 459 g/mol. The molecule has 2 aromatic heterocycles. The third-order valence-corrected chi connectivity index (χ3v) is 7.86. The van der Waals surface area contributed by atoms with Crippen molar-refractivity contribution in [3.63, 3.8) is 0 Å². The molecular weight excluding hydrogens is 433 g/mol. The molecule has 5 heteroatoms. The summed E-state index contributed by atoms with van der Waals surface area (Å²) in [5.74, 6) is 0. The Labute approximate surface area is 204 Å². The average molecular weight is 459 g/mol. The first-order chi connectivity index (χ1) is 16.8. The van der Waals surface area contributed by atoms with Crippen LogP contribution in [0.2, 0.25) is 0 Å². The van der Waals surface area contributed by atoms with E-state index in [-0.39, 0.29) is 18.3 Å². The Kier molecular flexibility index (Phi) is 4.16. The fourth-order valence-corrected chi connectivity index (χ4v) is 5.26. The van der Waals surface area contributed by atoms with Gasteiger partial charge in [0.2, 0.25) is 0 Å². The molecule has 0 amide bonds. The highest BCUT2D eigenvalue weighted by Gasteiger charge is 2.51. The maximum absolute atomic E-state index is 6.45. The molecule has 35 heavy (non-hydrogen) atoms. The van der Waals surface area contributed by atoms with Crippen molar-refractivity contribution in [1.82, 2.24) is 4.57 Å². The molecular formula is C30H26BNO3. The molecule has 0 unspecified atom stereocenters. The minimum atomic E-state index is -0.380. The molecule has 0 radical (unpaired) electrons. The summed E-state index contributed by atoms with van der Waals surface area (Å²) < 4.78 is 21.3. The van der Waals surface area contributed by atoms with Gasteiger partial charge in [-0.1, -0.05) is 54.6 Å². The number of hydrogen-bond donors (Lipinski definition) is 0. The van der Waals surface area contributed by atoms with E-state index in [0.717, 1.165) is 44.1 Å². The molecule has 172 valence electrons. The third kappa shape index (κ3) is 2.89. The number of nitrogens with zero attached hydrogens (tertiary/aromatic N) is 1. The van der Waals surface area contributed by atoms with Gasteiger partial charge in [-0.3, -0.25) is 0 Å². The van der Waals surface area contributed by atoms with Gasteiger partial charge in [0.25, 0.3) is 0 Å². The largest absolute Gasteiger partial charge is 0.494 e. The Morgan fingerprint density at radius 3 is 2.00 bits per heavy atom. The van der Waals surface area contributed by atoms with Crippen molar-refractivity contribution in [2.45, 2.75) is 38.9 Å². The van der Waals surface area contributed by atoms with E-state index in [9.17, 15) is 0 Å². The van der Waals surface area contributed by atoms with E-state index in [1.807, 2.05) is 12.1 Å². The zero-order valence-corrected chi connectivity index (χ0v) is 20.3. The summed E-state index contributed by atoms with van der Waals surface area (Å²) in [6.07, 6.45) is 0. The summed E-state index contributed by atoms with van der Waals surface area (Å²) in [6.45, 7) is 8.33. The Morgan fingerprint density at radius 1 is 0.629 bits per heavy atom. The molecule has 0 aliphatic carbocycles. The molecule has 0 bridgehead atoms. The van der Waals surface area contributed by atoms with Crippen molar-refractivity contribution in [2.75, 3.05) is 0 Å². The van der Waals surface area contributed by atoms with Crippen LogP contribution >= 0.6 is 0 Å². The fraction of sp³-hybridized carbons (Fsp3) is 0.200. The summed E-state index contributed by atoms with van der Waals surface area (Å²) in [7, 11) is -0.380. The maximum Gasteiger partial charge on any atom is 0.494 e. The number of fused-ring (bicyclic) bond motifs is 7. The number of benzene rings is 4. The zero-order chi connectivity index (χ0) is 23.9. The van der Waals surface area contributed by atoms with E-state index in [2.05, 4.69) is 105 Å². The van der Waals surface area contributed by atoms with Crippen molar-refractivity contribution in [3.8, 4) is 5.69 Å². The number of furan rings is 1. The van der Waals surface area contributed by atoms with Crippen LogP contribution in [0.5, 0.6) is 0 Å². The Hall–Kier alpha value is -3.54. The average Bonchev–Trinajstić information content (AvgIpc) is 3.46. The predicted octanol–water partition coefficient (Wildman–Crippen LogP) is 6.98. The van der Waals surface area contributed by atoms with Gasteiger partial charge >= 0.3 is 7.12 Å². The molecule has 0 saturated carbocycles. The summed E-state index contributed by atoms with van der Waals surface area (Å²) >= 11 is 0. The highest BCUT2D eigenvalue weighted by atomic mass is 16.7. The first-order valence-electron chi connectivity index (χ1n) is 12.1. The van der Waals surface area contributed by atoms with Crippen molar-refractivity contribution >= 4 is 56.3 Å². The van der Waals surface area contributed by atoms with E-state index in [1.165, 1.54) is 10.8 Å². The van der Waals surface area contributed by atoms with Gasteiger partial charge in [0.05, 0.1) is 22.2 Å². The van der Waals surface area contributed by atoms with Crippen molar-refractivity contribution in [2.24, 2.45) is 0 Å². The summed E-state index contributed by atoms with van der Waals surface area (Å²) in [4.78, 5) is 0. The molecule has 0 spiro atoms. The van der Waals surface area contributed by atoms with Crippen molar-refractivity contribution in [1.29, 1.82) is 0 Å². The molecule has 0 atom stereocenters. The van der Waals surface area contributed by atoms with Crippen LogP contribution in [-0.4, -0.2) is 22.9 Å². The molecule has 1 fully saturated rings. The quantitative estimate of drug-likeness (QED) is 0.262. The van der Waals surface area contributed by atoms with E-state index in [4.69, 9.17) is 13.7 Å². The zero-order valence-electron chi connectivity index (χ0n) is 20.3. The lowest BCUT2D eigenvalue weighted by Crippen LogP contribution is -2.41. The van der Waals surface area contributed by atoms with Gasteiger partial charge in [0.15, 0.2) is 5.58 Å². The first kappa shape index (κ1) is 20.8. The molecule has 7 rings (SSSR count). The lowest BCUT2D eigenvalue weighted by atomic mass is 9.79. The lowest BCUT2D eigenvalue weighted by Gasteiger charge is -2.32. The molecule has 4 nitrogen and oxygen atoms in total. The molecule has 1 saturated heterocycles. The van der Waals surface area contributed by atoms with Crippen LogP contribution in [0.25, 0.3) is 49.4 Å². The second-order valence-corrected chi connectivity index (χ2v) is 10.5. The van der Waals surface area contributed by atoms with Gasteiger partial charge in [-0.15, -0.1) is 0 Å². The van der Waals surface area contributed by atoms with Crippen molar-refractivity contribution < 1.29 is 13.7 Å². The summed E-state index contributed by atoms with van der Waals surface area (Å²) in [6, 6.07) is 29.7. The molecule has 0 N–H and O–H groups in total. The van der Waals surface area contributed by atoms with Crippen LogP contribution < -0.4 is 5.46 Å².